The molecule has 1 aromatic carbocycles. The highest BCUT2D eigenvalue weighted by Crippen LogP contribution is 2.35. The van der Waals surface area contributed by atoms with Gasteiger partial charge in [0.15, 0.2) is 0 Å². The highest BCUT2D eigenvalue weighted by Gasteiger charge is 2.43. The first-order chi connectivity index (χ1) is 14.5. The fourth-order valence-corrected chi connectivity index (χ4v) is 4.29. The first-order valence-corrected chi connectivity index (χ1v) is 10.3. The Morgan fingerprint density at radius 2 is 1.87 bits per heavy atom. The number of nitrogens with zero attached hydrogens (tertiary/aromatic N) is 1. The summed E-state index contributed by atoms with van der Waals surface area (Å²) in [5.74, 6) is -3.18. The summed E-state index contributed by atoms with van der Waals surface area (Å²) in [6, 6.07) is 6.74. The number of halogens is 4. The lowest BCUT2D eigenvalue weighted by Crippen LogP contribution is -2.53. The van der Waals surface area contributed by atoms with Gasteiger partial charge in [-0.1, -0.05) is 23.7 Å². The third-order valence-corrected chi connectivity index (χ3v) is 6.01. The summed E-state index contributed by atoms with van der Waals surface area (Å²) in [5, 5.41) is 14.9. The number of piperidine rings is 1. The van der Waals surface area contributed by atoms with Crippen molar-refractivity contribution >= 4 is 46.5 Å². The number of urea groups is 1. The molecule has 7 nitrogen and oxygen atoms in total. The molecule has 1 aromatic heterocycles. The minimum absolute atomic E-state index is 0.0453. The Morgan fingerprint density at radius 3 is 2.48 bits per heavy atom. The van der Waals surface area contributed by atoms with Gasteiger partial charge in [0.25, 0.3) is 0 Å². The van der Waals surface area contributed by atoms with Crippen LogP contribution in [0.2, 0.25) is 5.02 Å². The summed E-state index contributed by atoms with van der Waals surface area (Å²) in [6.45, 7) is -0.326. The Hall–Kier alpha value is -2.79. The number of rotatable bonds is 4. The van der Waals surface area contributed by atoms with Crippen LogP contribution in [0.5, 0.6) is 0 Å². The summed E-state index contributed by atoms with van der Waals surface area (Å²) in [6.07, 6.45) is -4.29. The zero-order valence-electron chi connectivity index (χ0n) is 15.8. The van der Waals surface area contributed by atoms with Crippen LogP contribution in [-0.4, -0.2) is 53.2 Å². The largest absolute Gasteiger partial charge is 0.477 e. The molecule has 3 rings (SSSR count). The van der Waals surface area contributed by atoms with Crippen LogP contribution in [-0.2, 0) is 4.79 Å². The Kier molecular flexibility index (Phi) is 6.75. The standard InChI is InChI=1S/C19H17ClF3N3O4S/c20-11-5-3-10(4-6-11)14-8-13(15(31-14)16(27)28)25-18(30)24-12-2-1-7-26(9-12)17(29)19(21,22)23/h3-6,8,12H,1-2,7,9H2,(H,27,28)(H2,24,25,30)/t12-/m1/s1. The van der Waals surface area contributed by atoms with E-state index in [0.717, 1.165) is 11.3 Å². The molecule has 0 spiro atoms. The maximum atomic E-state index is 12.6. The molecule has 0 aliphatic carbocycles. The number of carboxylic acid groups (broad SMARTS) is 1. The van der Waals surface area contributed by atoms with E-state index in [9.17, 15) is 32.7 Å². The number of carbonyl (C=O) groups excluding carboxylic acids is 2. The Balaban J connectivity index is 1.69. The summed E-state index contributed by atoms with van der Waals surface area (Å²) in [4.78, 5) is 36.5. The van der Waals surface area contributed by atoms with Gasteiger partial charge >= 0.3 is 24.1 Å². The van der Waals surface area contributed by atoms with E-state index in [4.69, 9.17) is 11.6 Å². The number of benzene rings is 1. The molecule has 1 aliphatic heterocycles. The number of thiophene rings is 1. The van der Waals surface area contributed by atoms with E-state index in [1.54, 1.807) is 24.3 Å². The van der Waals surface area contributed by atoms with Crippen molar-refractivity contribution < 1.29 is 32.7 Å². The molecule has 2 aromatic rings. The van der Waals surface area contributed by atoms with Gasteiger partial charge in [0, 0.05) is 29.0 Å². The Morgan fingerprint density at radius 1 is 1.19 bits per heavy atom. The summed E-state index contributed by atoms with van der Waals surface area (Å²) in [5.41, 5.74) is 0.762. The summed E-state index contributed by atoms with van der Waals surface area (Å²) < 4.78 is 37.9. The lowest BCUT2D eigenvalue weighted by Gasteiger charge is -2.33. The Labute approximate surface area is 183 Å². The molecule has 3 amide bonds. The van der Waals surface area contributed by atoms with Gasteiger partial charge < -0.3 is 20.6 Å². The number of aromatic carboxylic acids is 1. The fraction of sp³-hybridized carbons (Fsp3) is 0.316. The molecule has 0 unspecified atom stereocenters. The van der Waals surface area contributed by atoms with E-state index in [-0.39, 0.29) is 23.7 Å². The van der Waals surface area contributed by atoms with E-state index in [1.165, 1.54) is 6.07 Å². The topological polar surface area (TPSA) is 98.7 Å². The van der Waals surface area contributed by atoms with Crippen molar-refractivity contribution in [3.63, 3.8) is 0 Å². The van der Waals surface area contributed by atoms with E-state index in [1.807, 2.05) is 0 Å². The van der Waals surface area contributed by atoms with Crippen molar-refractivity contribution in [2.75, 3.05) is 18.4 Å². The molecule has 1 aliphatic rings. The first-order valence-electron chi connectivity index (χ1n) is 9.11. The smallest absolute Gasteiger partial charge is 0.471 e. The number of hydrogen-bond acceptors (Lipinski definition) is 4. The highest BCUT2D eigenvalue weighted by atomic mass is 35.5. The van der Waals surface area contributed by atoms with Crippen LogP contribution in [0.1, 0.15) is 22.5 Å². The van der Waals surface area contributed by atoms with Gasteiger partial charge in [-0.05, 0) is 36.6 Å². The van der Waals surface area contributed by atoms with Crippen molar-refractivity contribution in [1.82, 2.24) is 10.2 Å². The van der Waals surface area contributed by atoms with Crippen LogP contribution in [0, 0.1) is 0 Å². The van der Waals surface area contributed by atoms with Gasteiger partial charge in [-0.3, -0.25) is 4.79 Å². The van der Waals surface area contributed by atoms with Gasteiger partial charge in [-0.25, -0.2) is 9.59 Å². The molecular weight excluding hydrogens is 459 g/mol. The predicted octanol–water partition coefficient (Wildman–Crippen LogP) is 4.44. The second-order valence-electron chi connectivity index (χ2n) is 6.85. The van der Waals surface area contributed by atoms with E-state index in [2.05, 4.69) is 10.6 Å². The molecule has 1 atom stereocenters. The SMILES string of the molecule is O=C(Nc1cc(-c2ccc(Cl)cc2)sc1C(=O)O)N[C@@H]1CCCN(C(=O)C(F)(F)F)C1. The zero-order valence-corrected chi connectivity index (χ0v) is 17.4. The average Bonchev–Trinajstić information content (AvgIpc) is 3.11. The molecule has 1 saturated heterocycles. The quantitative estimate of drug-likeness (QED) is 0.608. The number of alkyl halides is 3. The van der Waals surface area contributed by atoms with E-state index >= 15 is 0 Å². The molecule has 0 radical (unpaired) electrons. The predicted molar refractivity (Wildman–Crippen MR) is 110 cm³/mol. The molecule has 31 heavy (non-hydrogen) atoms. The summed E-state index contributed by atoms with van der Waals surface area (Å²) >= 11 is 6.82. The van der Waals surface area contributed by atoms with Crippen LogP contribution in [0.15, 0.2) is 30.3 Å². The first kappa shape index (κ1) is 22.9. The van der Waals surface area contributed by atoms with Crippen molar-refractivity contribution in [3.05, 3.63) is 40.2 Å². The average molecular weight is 476 g/mol. The van der Waals surface area contributed by atoms with E-state index < -0.39 is 30.1 Å². The van der Waals surface area contributed by atoms with Crippen LogP contribution in [0.4, 0.5) is 23.7 Å². The lowest BCUT2D eigenvalue weighted by molar-refractivity contribution is -0.186. The number of likely N-dealkylation sites (tertiary alicyclic amines) is 1. The van der Waals surface area contributed by atoms with Gasteiger partial charge in [0.1, 0.15) is 4.88 Å². The number of carboxylic acids is 1. The molecule has 166 valence electrons. The van der Waals surface area contributed by atoms with Gasteiger partial charge in [0.2, 0.25) is 0 Å². The molecule has 3 N–H and O–H groups in total. The zero-order chi connectivity index (χ0) is 22.8. The van der Waals surface area contributed by atoms with Crippen LogP contribution in [0.25, 0.3) is 10.4 Å². The molecule has 2 heterocycles. The maximum Gasteiger partial charge on any atom is 0.471 e. The van der Waals surface area contributed by atoms with Crippen molar-refractivity contribution in [3.8, 4) is 10.4 Å². The number of hydrogen-bond donors (Lipinski definition) is 3. The monoisotopic (exact) mass is 475 g/mol. The van der Waals surface area contributed by atoms with Crippen LogP contribution in [0.3, 0.4) is 0 Å². The number of anilines is 1. The number of nitrogens with one attached hydrogen (secondary N) is 2. The van der Waals surface area contributed by atoms with E-state index in [0.29, 0.717) is 33.2 Å². The van der Waals surface area contributed by atoms with Crippen LogP contribution < -0.4 is 10.6 Å². The van der Waals surface area contributed by atoms with Crippen molar-refractivity contribution in [2.45, 2.75) is 25.1 Å². The molecular formula is C19H17ClF3N3O4S. The molecule has 0 saturated carbocycles. The van der Waals surface area contributed by atoms with Crippen molar-refractivity contribution in [2.24, 2.45) is 0 Å². The van der Waals surface area contributed by atoms with Crippen molar-refractivity contribution in [1.29, 1.82) is 0 Å². The highest BCUT2D eigenvalue weighted by molar-refractivity contribution is 7.18. The second-order valence-corrected chi connectivity index (χ2v) is 8.34. The molecule has 1 fully saturated rings. The molecule has 12 heteroatoms. The third kappa shape index (κ3) is 5.67. The minimum atomic E-state index is -4.98. The second kappa shape index (κ2) is 9.15. The Bertz CT molecular complexity index is 994. The third-order valence-electron chi connectivity index (χ3n) is 4.59. The van der Waals surface area contributed by atoms with Crippen LogP contribution >= 0.6 is 22.9 Å². The number of amides is 3. The van der Waals surface area contributed by atoms with Gasteiger partial charge in [0.05, 0.1) is 5.69 Å². The lowest BCUT2D eigenvalue weighted by atomic mass is 10.1. The van der Waals surface area contributed by atoms with Gasteiger partial charge in [-0.15, -0.1) is 11.3 Å². The minimum Gasteiger partial charge on any atom is -0.477 e. The maximum absolute atomic E-state index is 12.6. The summed E-state index contributed by atoms with van der Waals surface area (Å²) in [7, 11) is 0. The molecule has 0 bridgehead atoms. The fourth-order valence-electron chi connectivity index (χ4n) is 3.20. The van der Waals surface area contributed by atoms with Gasteiger partial charge in [-0.2, -0.15) is 13.2 Å². The normalized spacial score (nSPS) is 16.6. The number of carbonyl (C=O) groups is 3.